The molecule has 2 aliphatic rings. The molecule has 3 amide bonds. The van der Waals surface area contributed by atoms with Crippen LogP contribution >= 0.6 is 0 Å². The third-order valence-electron chi connectivity index (χ3n) is 2.88. The summed E-state index contributed by atoms with van der Waals surface area (Å²) in [6.07, 6.45) is -0.195. The van der Waals surface area contributed by atoms with Crippen molar-refractivity contribution in [3.63, 3.8) is 0 Å². The first-order valence-electron chi connectivity index (χ1n) is 4.78. The number of carbonyl (C=O) groups is 2. The van der Waals surface area contributed by atoms with Crippen LogP contribution in [0, 0.1) is 0 Å². The molecule has 2 N–H and O–H groups in total. The Balaban J connectivity index is 2.25. The lowest BCUT2D eigenvalue weighted by molar-refractivity contribution is -0.123. The number of alkyl halides is 3. The number of nitrogens with zero attached hydrogens (tertiary/aromatic N) is 1. The van der Waals surface area contributed by atoms with Gasteiger partial charge in [0.05, 0.1) is 0 Å². The molecule has 2 saturated heterocycles. The Morgan fingerprint density at radius 1 is 1.28 bits per heavy atom. The van der Waals surface area contributed by atoms with Gasteiger partial charge < -0.3 is 5.32 Å². The normalized spacial score (nSPS) is 29.7. The Morgan fingerprint density at radius 2 is 1.89 bits per heavy atom. The van der Waals surface area contributed by atoms with Crippen LogP contribution in [0.25, 0.3) is 0 Å². The molecule has 0 aromatic rings. The number of sulfonamides is 1. The van der Waals surface area contributed by atoms with Crippen molar-refractivity contribution >= 4 is 22.0 Å². The fourth-order valence-electron chi connectivity index (χ4n) is 1.94. The second kappa shape index (κ2) is 3.57. The highest BCUT2D eigenvalue weighted by Crippen LogP contribution is 2.33. The molecule has 0 radical (unpaired) electrons. The lowest BCUT2D eigenvalue weighted by Crippen LogP contribution is -2.50. The van der Waals surface area contributed by atoms with Gasteiger partial charge >= 0.3 is 21.6 Å². The zero-order valence-corrected chi connectivity index (χ0v) is 9.56. The maximum atomic E-state index is 12.3. The van der Waals surface area contributed by atoms with E-state index in [-0.39, 0.29) is 10.7 Å². The number of carbonyl (C=O) groups excluding carboxylic acids is 2. The van der Waals surface area contributed by atoms with Crippen LogP contribution in [0.5, 0.6) is 0 Å². The van der Waals surface area contributed by atoms with Gasteiger partial charge in [-0.25, -0.2) is 13.2 Å². The summed E-state index contributed by atoms with van der Waals surface area (Å²) >= 11 is 0. The molecule has 102 valence electrons. The van der Waals surface area contributed by atoms with Crippen LogP contribution in [-0.2, 0) is 14.8 Å². The zero-order chi connectivity index (χ0) is 13.8. The van der Waals surface area contributed by atoms with E-state index in [9.17, 15) is 31.2 Å². The standard InChI is InChI=1S/C7H8F3N3O4S/c8-7(9,10)18(16,17)13-2-1-6(3-13)4(14)11-5(15)12-6/h1-3H2,(H2,11,12,14,15). The van der Waals surface area contributed by atoms with E-state index < -0.39 is 46.1 Å². The van der Waals surface area contributed by atoms with E-state index in [0.29, 0.717) is 0 Å². The molecule has 0 aliphatic carbocycles. The summed E-state index contributed by atoms with van der Waals surface area (Å²) in [6.45, 7) is -1.19. The summed E-state index contributed by atoms with van der Waals surface area (Å²) in [7, 11) is -5.48. The predicted molar refractivity (Wildman–Crippen MR) is 50.6 cm³/mol. The van der Waals surface area contributed by atoms with Gasteiger partial charge in [-0.2, -0.15) is 17.5 Å². The molecule has 7 nitrogen and oxygen atoms in total. The molecule has 2 rings (SSSR count). The first-order valence-corrected chi connectivity index (χ1v) is 6.22. The third-order valence-corrected chi connectivity index (χ3v) is 4.46. The molecule has 0 saturated carbocycles. The molecule has 0 bridgehead atoms. The average molecular weight is 287 g/mol. The molecule has 2 fully saturated rings. The minimum absolute atomic E-state index is 0.151. The Kier molecular flexibility index (Phi) is 2.59. The molecule has 2 aliphatic heterocycles. The Bertz CT molecular complexity index is 517. The molecule has 0 aromatic carbocycles. The van der Waals surface area contributed by atoms with E-state index in [1.54, 1.807) is 0 Å². The average Bonchev–Trinajstić information content (AvgIpc) is 2.71. The van der Waals surface area contributed by atoms with Crippen LogP contribution in [0.2, 0.25) is 0 Å². The molecule has 1 unspecified atom stereocenters. The molecule has 1 atom stereocenters. The van der Waals surface area contributed by atoms with Gasteiger partial charge in [0.15, 0.2) is 0 Å². The SMILES string of the molecule is O=C1NC(=O)C2(CCN(S(=O)(=O)C(F)(F)F)C2)N1. The van der Waals surface area contributed by atoms with Crippen molar-refractivity contribution in [3.8, 4) is 0 Å². The number of amides is 3. The molecule has 11 heteroatoms. The van der Waals surface area contributed by atoms with Gasteiger partial charge in [0, 0.05) is 13.1 Å². The van der Waals surface area contributed by atoms with Crippen molar-refractivity contribution in [1.82, 2.24) is 14.9 Å². The summed E-state index contributed by atoms with van der Waals surface area (Å²) in [5.41, 5.74) is -7.01. The van der Waals surface area contributed by atoms with Crippen molar-refractivity contribution < 1.29 is 31.2 Å². The van der Waals surface area contributed by atoms with Crippen LogP contribution in [0.15, 0.2) is 0 Å². The maximum Gasteiger partial charge on any atom is 0.511 e. The number of imide groups is 1. The third kappa shape index (κ3) is 1.73. The molecule has 1 spiro atoms. The molecular formula is C7H8F3N3O4S. The van der Waals surface area contributed by atoms with Crippen molar-refractivity contribution in [2.45, 2.75) is 17.5 Å². The second-order valence-electron chi connectivity index (χ2n) is 4.02. The number of hydrogen-bond donors (Lipinski definition) is 2. The Labute approximate surface area is 99.4 Å². The Hall–Kier alpha value is -1.36. The topological polar surface area (TPSA) is 95.6 Å². The zero-order valence-electron chi connectivity index (χ0n) is 8.74. The molecule has 2 heterocycles. The van der Waals surface area contributed by atoms with Crippen molar-refractivity contribution in [1.29, 1.82) is 0 Å². The van der Waals surface area contributed by atoms with Gasteiger partial charge in [0.2, 0.25) is 0 Å². The first kappa shape index (κ1) is 13.1. The molecular weight excluding hydrogens is 279 g/mol. The summed E-state index contributed by atoms with van der Waals surface area (Å²) in [4.78, 5) is 22.4. The van der Waals surface area contributed by atoms with Crippen LogP contribution in [0.4, 0.5) is 18.0 Å². The lowest BCUT2D eigenvalue weighted by Gasteiger charge is -2.21. The number of rotatable bonds is 1. The highest BCUT2D eigenvalue weighted by molar-refractivity contribution is 7.90. The summed E-state index contributed by atoms with van der Waals surface area (Å²) < 4.78 is 59.4. The van der Waals surface area contributed by atoms with Crippen molar-refractivity contribution in [2.24, 2.45) is 0 Å². The number of nitrogens with one attached hydrogen (secondary N) is 2. The van der Waals surface area contributed by atoms with E-state index in [1.165, 1.54) is 0 Å². The minimum atomic E-state index is -5.48. The van der Waals surface area contributed by atoms with E-state index in [4.69, 9.17) is 0 Å². The van der Waals surface area contributed by atoms with Crippen molar-refractivity contribution in [2.75, 3.05) is 13.1 Å². The number of hydrogen-bond acceptors (Lipinski definition) is 4. The smallest absolute Gasteiger partial charge is 0.322 e. The highest BCUT2D eigenvalue weighted by Gasteiger charge is 2.58. The minimum Gasteiger partial charge on any atom is -0.322 e. The summed E-state index contributed by atoms with van der Waals surface area (Å²) in [6, 6.07) is -0.841. The quantitative estimate of drug-likeness (QED) is 0.612. The van der Waals surface area contributed by atoms with Crippen LogP contribution in [0.3, 0.4) is 0 Å². The van der Waals surface area contributed by atoms with Crippen LogP contribution < -0.4 is 10.6 Å². The van der Waals surface area contributed by atoms with E-state index in [2.05, 4.69) is 5.32 Å². The first-order chi connectivity index (χ1) is 8.08. The number of urea groups is 1. The van der Waals surface area contributed by atoms with Gasteiger partial charge in [0.25, 0.3) is 5.91 Å². The van der Waals surface area contributed by atoms with Crippen LogP contribution in [-0.4, -0.2) is 48.8 Å². The predicted octanol–water partition coefficient (Wildman–Crippen LogP) is -0.880. The molecule has 0 aromatic heterocycles. The monoisotopic (exact) mass is 287 g/mol. The van der Waals surface area contributed by atoms with E-state index >= 15 is 0 Å². The Morgan fingerprint density at radius 3 is 2.33 bits per heavy atom. The van der Waals surface area contributed by atoms with Gasteiger partial charge in [-0.05, 0) is 6.42 Å². The van der Waals surface area contributed by atoms with Gasteiger partial charge in [-0.1, -0.05) is 0 Å². The van der Waals surface area contributed by atoms with Gasteiger partial charge in [-0.3, -0.25) is 10.1 Å². The van der Waals surface area contributed by atoms with E-state index in [0.717, 1.165) is 0 Å². The summed E-state index contributed by atoms with van der Waals surface area (Å²) in [5.74, 6) is -0.813. The summed E-state index contributed by atoms with van der Waals surface area (Å²) in [5, 5.41) is 4.03. The van der Waals surface area contributed by atoms with Crippen LogP contribution in [0.1, 0.15) is 6.42 Å². The fourth-order valence-corrected chi connectivity index (χ4v) is 2.96. The fraction of sp³-hybridized carbons (Fsp3) is 0.714. The lowest BCUT2D eigenvalue weighted by atomic mass is 10.00. The maximum absolute atomic E-state index is 12.3. The van der Waals surface area contributed by atoms with E-state index in [1.807, 2.05) is 5.32 Å². The van der Waals surface area contributed by atoms with Crippen molar-refractivity contribution in [3.05, 3.63) is 0 Å². The molecule has 18 heavy (non-hydrogen) atoms. The second-order valence-corrected chi connectivity index (χ2v) is 5.95. The number of halogens is 3. The van der Waals surface area contributed by atoms with Gasteiger partial charge in [0.1, 0.15) is 5.54 Å². The highest BCUT2D eigenvalue weighted by atomic mass is 32.2. The van der Waals surface area contributed by atoms with Gasteiger partial charge in [-0.15, -0.1) is 0 Å². The largest absolute Gasteiger partial charge is 0.511 e.